The molecule has 0 radical (unpaired) electrons. The second-order valence-electron chi connectivity index (χ2n) is 6.16. The molecule has 6 heteroatoms. The van der Waals surface area contributed by atoms with E-state index in [4.69, 9.17) is 0 Å². The van der Waals surface area contributed by atoms with Crippen molar-refractivity contribution in [3.05, 3.63) is 52.1 Å². The molecule has 1 amide bonds. The highest BCUT2D eigenvalue weighted by molar-refractivity contribution is 7.11. The SMILES string of the molecule is Cc1ncc(CN2CCN(C(=O)c3cccc4cc[nH]c34)CC2)s1. The Morgan fingerprint density at radius 3 is 2.83 bits per heavy atom. The zero-order valence-corrected chi connectivity index (χ0v) is 14.5. The Morgan fingerprint density at radius 1 is 1.25 bits per heavy atom. The van der Waals surface area contributed by atoms with Crippen LogP contribution >= 0.6 is 11.3 Å². The van der Waals surface area contributed by atoms with Gasteiger partial charge in [0.05, 0.1) is 16.1 Å². The van der Waals surface area contributed by atoms with Crippen LogP contribution in [0.5, 0.6) is 0 Å². The lowest BCUT2D eigenvalue weighted by molar-refractivity contribution is 0.0631. The molecule has 1 saturated heterocycles. The summed E-state index contributed by atoms with van der Waals surface area (Å²) in [6.07, 6.45) is 3.85. The van der Waals surface area contributed by atoms with Crippen molar-refractivity contribution in [3.8, 4) is 0 Å². The summed E-state index contributed by atoms with van der Waals surface area (Å²) in [5, 5.41) is 2.19. The number of H-pyrrole nitrogens is 1. The van der Waals surface area contributed by atoms with Gasteiger partial charge in [-0.3, -0.25) is 9.69 Å². The van der Waals surface area contributed by atoms with Crippen LogP contribution in [0.2, 0.25) is 0 Å². The van der Waals surface area contributed by atoms with Crippen LogP contribution in [0.25, 0.3) is 10.9 Å². The van der Waals surface area contributed by atoms with Gasteiger partial charge in [-0.05, 0) is 19.1 Å². The van der Waals surface area contributed by atoms with Crippen molar-refractivity contribution < 1.29 is 4.79 Å². The number of nitrogens with one attached hydrogen (secondary N) is 1. The van der Waals surface area contributed by atoms with E-state index in [1.54, 1.807) is 11.3 Å². The van der Waals surface area contributed by atoms with Gasteiger partial charge >= 0.3 is 0 Å². The van der Waals surface area contributed by atoms with E-state index in [1.165, 1.54) is 4.88 Å². The molecule has 1 aromatic carbocycles. The fourth-order valence-corrected chi connectivity index (χ4v) is 4.08. The number of carbonyl (C=O) groups excluding carboxylic acids is 1. The first kappa shape index (κ1) is 15.4. The molecule has 4 rings (SSSR count). The maximum atomic E-state index is 12.9. The monoisotopic (exact) mass is 340 g/mol. The molecule has 2 aromatic heterocycles. The van der Waals surface area contributed by atoms with Gasteiger partial charge in [0.1, 0.15) is 0 Å². The largest absolute Gasteiger partial charge is 0.361 e. The number of hydrogen-bond donors (Lipinski definition) is 1. The van der Waals surface area contributed by atoms with Gasteiger partial charge in [-0.15, -0.1) is 11.3 Å². The number of thiazole rings is 1. The van der Waals surface area contributed by atoms with E-state index in [9.17, 15) is 4.79 Å². The van der Waals surface area contributed by atoms with Crippen molar-refractivity contribution >= 4 is 28.1 Å². The number of aromatic nitrogens is 2. The summed E-state index contributed by atoms with van der Waals surface area (Å²) in [6, 6.07) is 7.89. The minimum absolute atomic E-state index is 0.122. The Balaban J connectivity index is 1.42. The summed E-state index contributed by atoms with van der Waals surface area (Å²) in [6.45, 7) is 6.32. The molecule has 1 aliphatic heterocycles. The van der Waals surface area contributed by atoms with E-state index in [-0.39, 0.29) is 5.91 Å². The molecule has 124 valence electrons. The van der Waals surface area contributed by atoms with Gasteiger partial charge in [0.2, 0.25) is 0 Å². The number of fused-ring (bicyclic) bond motifs is 1. The number of rotatable bonds is 3. The number of piperazine rings is 1. The van der Waals surface area contributed by atoms with Gasteiger partial charge in [0.15, 0.2) is 0 Å². The molecule has 3 heterocycles. The Morgan fingerprint density at radius 2 is 2.08 bits per heavy atom. The number of benzene rings is 1. The number of para-hydroxylation sites is 1. The first-order chi connectivity index (χ1) is 11.7. The van der Waals surface area contributed by atoms with Gasteiger partial charge in [-0.2, -0.15) is 0 Å². The number of aromatic amines is 1. The fraction of sp³-hybridized carbons (Fsp3) is 0.333. The van der Waals surface area contributed by atoms with Crippen molar-refractivity contribution in [2.45, 2.75) is 13.5 Å². The zero-order chi connectivity index (χ0) is 16.5. The maximum absolute atomic E-state index is 12.9. The van der Waals surface area contributed by atoms with Crippen LogP contribution in [0.4, 0.5) is 0 Å². The van der Waals surface area contributed by atoms with E-state index in [2.05, 4.69) is 14.9 Å². The van der Waals surface area contributed by atoms with Gasteiger partial charge in [0, 0.05) is 55.4 Å². The van der Waals surface area contributed by atoms with Gasteiger partial charge in [-0.1, -0.05) is 12.1 Å². The van der Waals surface area contributed by atoms with Crippen molar-refractivity contribution in [1.29, 1.82) is 0 Å². The summed E-state index contributed by atoms with van der Waals surface area (Å²) >= 11 is 1.75. The Bertz CT molecular complexity index is 861. The number of amides is 1. The summed E-state index contributed by atoms with van der Waals surface area (Å²) < 4.78 is 0. The molecule has 1 fully saturated rings. The molecular weight excluding hydrogens is 320 g/mol. The lowest BCUT2D eigenvalue weighted by atomic mass is 10.1. The normalized spacial score (nSPS) is 16.0. The molecule has 0 unspecified atom stereocenters. The summed E-state index contributed by atoms with van der Waals surface area (Å²) in [4.78, 5) is 26.0. The maximum Gasteiger partial charge on any atom is 0.256 e. The lowest BCUT2D eigenvalue weighted by Crippen LogP contribution is -2.48. The average Bonchev–Trinajstić information content (AvgIpc) is 3.23. The van der Waals surface area contributed by atoms with Gasteiger partial charge in [-0.25, -0.2) is 4.98 Å². The third kappa shape index (κ3) is 2.95. The van der Waals surface area contributed by atoms with Crippen LogP contribution in [-0.4, -0.2) is 51.9 Å². The third-order valence-corrected chi connectivity index (χ3v) is 5.42. The standard InChI is InChI=1S/C18H20N4OS/c1-13-20-11-15(24-13)12-21-7-9-22(10-8-21)18(23)16-4-2-3-14-5-6-19-17(14)16/h2-6,11,19H,7-10,12H2,1H3. The topological polar surface area (TPSA) is 52.2 Å². The number of aryl methyl sites for hydroxylation is 1. The summed E-state index contributed by atoms with van der Waals surface area (Å²) in [7, 11) is 0. The minimum Gasteiger partial charge on any atom is -0.361 e. The third-order valence-electron chi connectivity index (χ3n) is 4.53. The molecule has 1 N–H and O–H groups in total. The van der Waals surface area contributed by atoms with Crippen molar-refractivity contribution in [3.63, 3.8) is 0 Å². The van der Waals surface area contributed by atoms with Gasteiger partial charge in [0.25, 0.3) is 5.91 Å². The molecule has 24 heavy (non-hydrogen) atoms. The predicted molar refractivity (Wildman–Crippen MR) is 96.3 cm³/mol. The van der Waals surface area contributed by atoms with E-state index >= 15 is 0 Å². The molecule has 0 spiro atoms. The second-order valence-corrected chi connectivity index (χ2v) is 7.48. The summed E-state index contributed by atoms with van der Waals surface area (Å²) in [5.74, 6) is 0.122. The Labute approximate surface area is 144 Å². The molecule has 0 aliphatic carbocycles. The van der Waals surface area contributed by atoms with Crippen LogP contribution in [0, 0.1) is 6.92 Å². The lowest BCUT2D eigenvalue weighted by Gasteiger charge is -2.34. The van der Waals surface area contributed by atoms with Gasteiger partial charge < -0.3 is 9.88 Å². The van der Waals surface area contributed by atoms with E-state index in [1.807, 2.05) is 48.5 Å². The second kappa shape index (κ2) is 6.37. The Hall–Kier alpha value is -2.18. The van der Waals surface area contributed by atoms with Crippen LogP contribution in [0.1, 0.15) is 20.2 Å². The van der Waals surface area contributed by atoms with Crippen molar-refractivity contribution in [2.24, 2.45) is 0 Å². The highest BCUT2D eigenvalue weighted by Gasteiger charge is 2.23. The molecule has 0 bridgehead atoms. The van der Waals surface area contributed by atoms with E-state index in [0.29, 0.717) is 0 Å². The molecule has 5 nitrogen and oxygen atoms in total. The van der Waals surface area contributed by atoms with E-state index in [0.717, 1.165) is 54.2 Å². The first-order valence-electron chi connectivity index (χ1n) is 8.20. The van der Waals surface area contributed by atoms with Crippen molar-refractivity contribution in [2.75, 3.05) is 26.2 Å². The minimum atomic E-state index is 0.122. The molecule has 1 aliphatic rings. The molecule has 0 saturated carbocycles. The molecule has 3 aromatic rings. The average molecular weight is 340 g/mol. The number of carbonyl (C=O) groups is 1. The zero-order valence-electron chi connectivity index (χ0n) is 13.7. The van der Waals surface area contributed by atoms with Crippen LogP contribution in [0.3, 0.4) is 0 Å². The predicted octanol–water partition coefficient (Wildman–Crippen LogP) is 2.89. The highest BCUT2D eigenvalue weighted by Crippen LogP contribution is 2.20. The highest BCUT2D eigenvalue weighted by atomic mass is 32.1. The summed E-state index contributed by atoms with van der Waals surface area (Å²) in [5.41, 5.74) is 1.70. The smallest absolute Gasteiger partial charge is 0.256 e. The quantitative estimate of drug-likeness (QED) is 0.798. The van der Waals surface area contributed by atoms with Crippen LogP contribution < -0.4 is 0 Å². The van der Waals surface area contributed by atoms with Crippen molar-refractivity contribution in [1.82, 2.24) is 19.8 Å². The number of nitrogens with zero attached hydrogens (tertiary/aromatic N) is 3. The van der Waals surface area contributed by atoms with E-state index < -0.39 is 0 Å². The molecular formula is C18H20N4OS. The fourth-order valence-electron chi connectivity index (χ4n) is 3.24. The van der Waals surface area contributed by atoms with Crippen LogP contribution in [0.15, 0.2) is 36.7 Å². The number of hydrogen-bond acceptors (Lipinski definition) is 4. The van der Waals surface area contributed by atoms with Crippen LogP contribution in [-0.2, 0) is 6.54 Å². The molecule has 0 atom stereocenters. The Kier molecular flexibility index (Phi) is 4.08. The first-order valence-corrected chi connectivity index (χ1v) is 9.01.